The van der Waals surface area contributed by atoms with Gasteiger partial charge in [0.2, 0.25) is 0 Å². The van der Waals surface area contributed by atoms with Gasteiger partial charge in [-0.05, 0) is 35.9 Å². The predicted molar refractivity (Wildman–Crippen MR) is 79.5 cm³/mol. The zero-order valence-electron chi connectivity index (χ0n) is 10.7. The summed E-state index contributed by atoms with van der Waals surface area (Å²) >= 11 is 0. The summed E-state index contributed by atoms with van der Waals surface area (Å²) in [5.41, 5.74) is 15.8. The molecule has 0 fully saturated rings. The van der Waals surface area contributed by atoms with E-state index in [4.69, 9.17) is 11.5 Å². The molecule has 0 unspecified atom stereocenters. The van der Waals surface area contributed by atoms with Crippen LogP contribution in [0.4, 0.5) is 11.5 Å². The standard InChI is InChI=1S/C15H13N5/c16-13-9-12(10-1-5-18-6-2-10)14(20-15(13)17)11-3-7-19-8-4-11/h1-9H,16H2,(H2,17,20). The topological polar surface area (TPSA) is 90.7 Å². The van der Waals surface area contributed by atoms with Gasteiger partial charge in [0.05, 0.1) is 11.4 Å². The molecule has 3 aromatic rings. The Morgan fingerprint density at radius 3 is 1.90 bits per heavy atom. The second kappa shape index (κ2) is 4.97. The van der Waals surface area contributed by atoms with Gasteiger partial charge in [-0.2, -0.15) is 0 Å². The molecular weight excluding hydrogens is 250 g/mol. The fourth-order valence-electron chi connectivity index (χ4n) is 2.02. The number of pyridine rings is 3. The maximum Gasteiger partial charge on any atom is 0.147 e. The lowest BCUT2D eigenvalue weighted by Crippen LogP contribution is -2.01. The highest BCUT2D eigenvalue weighted by atomic mass is 14.9. The zero-order valence-corrected chi connectivity index (χ0v) is 10.7. The van der Waals surface area contributed by atoms with Crippen LogP contribution in [0.5, 0.6) is 0 Å². The van der Waals surface area contributed by atoms with E-state index < -0.39 is 0 Å². The molecule has 0 aliphatic rings. The maximum absolute atomic E-state index is 5.89. The lowest BCUT2D eigenvalue weighted by molar-refractivity contribution is 1.29. The van der Waals surface area contributed by atoms with Crippen molar-refractivity contribution >= 4 is 11.5 Å². The van der Waals surface area contributed by atoms with Gasteiger partial charge in [0.25, 0.3) is 0 Å². The second-order valence-electron chi connectivity index (χ2n) is 4.33. The van der Waals surface area contributed by atoms with Crippen LogP contribution in [0.15, 0.2) is 55.1 Å². The molecule has 0 amide bonds. The van der Waals surface area contributed by atoms with Gasteiger partial charge < -0.3 is 11.5 Å². The number of rotatable bonds is 2. The quantitative estimate of drug-likeness (QED) is 0.740. The molecule has 5 nitrogen and oxygen atoms in total. The molecule has 0 atom stereocenters. The average molecular weight is 263 g/mol. The summed E-state index contributed by atoms with van der Waals surface area (Å²) < 4.78 is 0. The SMILES string of the molecule is Nc1cc(-c2ccncc2)c(-c2ccncc2)nc1N. The molecule has 0 bridgehead atoms. The molecule has 0 saturated heterocycles. The Kier molecular flexibility index (Phi) is 3.01. The summed E-state index contributed by atoms with van der Waals surface area (Å²) in [5, 5.41) is 0. The van der Waals surface area contributed by atoms with E-state index >= 15 is 0 Å². The summed E-state index contributed by atoms with van der Waals surface area (Å²) in [6, 6.07) is 9.45. The molecule has 4 N–H and O–H groups in total. The smallest absolute Gasteiger partial charge is 0.147 e. The van der Waals surface area contributed by atoms with Crippen LogP contribution in [0.1, 0.15) is 0 Å². The van der Waals surface area contributed by atoms with E-state index in [-0.39, 0.29) is 0 Å². The van der Waals surface area contributed by atoms with Crippen molar-refractivity contribution in [3.05, 3.63) is 55.1 Å². The van der Waals surface area contributed by atoms with E-state index in [0.29, 0.717) is 11.5 Å². The van der Waals surface area contributed by atoms with Crippen LogP contribution >= 0.6 is 0 Å². The van der Waals surface area contributed by atoms with Crippen LogP contribution < -0.4 is 11.5 Å². The number of anilines is 2. The Balaban J connectivity index is 2.26. The first-order chi connectivity index (χ1) is 9.75. The van der Waals surface area contributed by atoms with Gasteiger partial charge in [0.1, 0.15) is 5.82 Å². The van der Waals surface area contributed by atoms with Crippen LogP contribution in [0, 0.1) is 0 Å². The first kappa shape index (κ1) is 12.1. The van der Waals surface area contributed by atoms with Crippen LogP contribution in [0.3, 0.4) is 0 Å². The molecule has 0 radical (unpaired) electrons. The highest BCUT2D eigenvalue weighted by molar-refractivity contribution is 5.85. The molecule has 0 spiro atoms. The number of nitrogens with zero attached hydrogens (tertiary/aromatic N) is 3. The lowest BCUT2D eigenvalue weighted by Gasteiger charge is -2.11. The minimum atomic E-state index is 0.328. The van der Waals surface area contributed by atoms with Gasteiger partial charge in [-0.1, -0.05) is 0 Å². The Hall–Kier alpha value is -2.95. The highest BCUT2D eigenvalue weighted by Crippen LogP contribution is 2.33. The molecule has 98 valence electrons. The fraction of sp³-hybridized carbons (Fsp3) is 0. The molecule has 3 aromatic heterocycles. The lowest BCUT2D eigenvalue weighted by atomic mass is 10.0. The van der Waals surface area contributed by atoms with Gasteiger partial charge >= 0.3 is 0 Å². The van der Waals surface area contributed by atoms with E-state index in [1.807, 2.05) is 30.3 Å². The molecule has 0 aliphatic heterocycles. The predicted octanol–water partition coefficient (Wildman–Crippen LogP) is 2.37. The van der Waals surface area contributed by atoms with Crippen molar-refractivity contribution in [1.82, 2.24) is 15.0 Å². The Morgan fingerprint density at radius 1 is 0.750 bits per heavy atom. The molecule has 20 heavy (non-hydrogen) atoms. The normalized spacial score (nSPS) is 10.4. The molecular formula is C15H13N5. The second-order valence-corrected chi connectivity index (χ2v) is 4.33. The third kappa shape index (κ3) is 2.16. The number of nitrogens with two attached hydrogens (primary N) is 2. The van der Waals surface area contributed by atoms with Crippen molar-refractivity contribution in [1.29, 1.82) is 0 Å². The third-order valence-electron chi connectivity index (χ3n) is 3.03. The number of nitrogen functional groups attached to an aromatic ring is 2. The summed E-state index contributed by atoms with van der Waals surface area (Å²) in [5.74, 6) is 0.328. The van der Waals surface area contributed by atoms with Crippen LogP contribution in [0.2, 0.25) is 0 Å². The van der Waals surface area contributed by atoms with Gasteiger partial charge in [0.15, 0.2) is 0 Å². The van der Waals surface area contributed by atoms with Gasteiger partial charge in [-0.25, -0.2) is 4.98 Å². The number of hydrogen-bond donors (Lipinski definition) is 2. The van der Waals surface area contributed by atoms with E-state index in [0.717, 1.165) is 22.4 Å². The van der Waals surface area contributed by atoms with E-state index in [1.54, 1.807) is 24.8 Å². The van der Waals surface area contributed by atoms with E-state index in [1.165, 1.54) is 0 Å². The average Bonchev–Trinajstić information content (AvgIpc) is 2.51. The Bertz CT molecular complexity index is 662. The zero-order chi connectivity index (χ0) is 13.9. The van der Waals surface area contributed by atoms with Crippen molar-refractivity contribution in [2.75, 3.05) is 11.5 Å². The minimum absolute atomic E-state index is 0.328. The maximum atomic E-state index is 5.89. The molecule has 0 aliphatic carbocycles. The highest BCUT2D eigenvalue weighted by Gasteiger charge is 2.12. The summed E-state index contributed by atoms with van der Waals surface area (Å²) in [6.07, 6.45) is 6.91. The molecule has 0 aromatic carbocycles. The summed E-state index contributed by atoms with van der Waals surface area (Å²) in [6.45, 7) is 0. The summed E-state index contributed by atoms with van der Waals surface area (Å²) in [4.78, 5) is 12.5. The first-order valence-corrected chi connectivity index (χ1v) is 6.12. The van der Waals surface area contributed by atoms with E-state index in [9.17, 15) is 0 Å². The molecule has 3 heterocycles. The van der Waals surface area contributed by atoms with E-state index in [2.05, 4.69) is 15.0 Å². The van der Waals surface area contributed by atoms with Crippen molar-refractivity contribution in [2.24, 2.45) is 0 Å². The molecule has 5 heteroatoms. The van der Waals surface area contributed by atoms with Crippen molar-refractivity contribution in [2.45, 2.75) is 0 Å². The monoisotopic (exact) mass is 263 g/mol. The molecule has 0 saturated carbocycles. The Labute approximate surface area is 116 Å². The summed E-state index contributed by atoms with van der Waals surface area (Å²) in [7, 11) is 0. The fourth-order valence-corrected chi connectivity index (χ4v) is 2.02. The number of hydrogen-bond acceptors (Lipinski definition) is 5. The van der Waals surface area contributed by atoms with Crippen LogP contribution in [-0.2, 0) is 0 Å². The van der Waals surface area contributed by atoms with Gasteiger partial charge in [0, 0.05) is 35.9 Å². The van der Waals surface area contributed by atoms with Crippen LogP contribution in [-0.4, -0.2) is 15.0 Å². The van der Waals surface area contributed by atoms with Gasteiger partial charge in [-0.15, -0.1) is 0 Å². The van der Waals surface area contributed by atoms with Crippen molar-refractivity contribution in [3.63, 3.8) is 0 Å². The first-order valence-electron chi connectivity index (χ1n) is 6.12. The minimum Gasteiger partial charge on any atom is -0.396 e. The van der Waals surface area contributed by atoms with Crippen LogP contribution in [0.25, 0.3) is 22.4 Å². The van der Waals surface area contributed by atoms with Crippen molar-refractivity contribution < 1.29 is 0 Å². The largest absolute Gasteiger partial charge is 0.396 e. The Morgan fingerprint density at radius 2 is 1.30 bits per heavy atom. The number of aromatic nitrogens is 3. The van der Waals surface area contributed by atoms with Gasteiger partial charge in [-0.3, -0.25) is 9.97 Å². The van der Waals surface area contributed by atoms with Crippen molar-refractivity contribution in [3.8, 4) is 22.4 Å². The third-order valence-corrected chi connectivity index (χ3v) is 3.03. The molecule has 3 rings (SSSR count).